The molecule has 2 atom stereocenters. The molecule has 0 aliphatic carbocycles. The molecule has 1 aromatic rings. The maximum Gasteiger partial charge on any atom is 0.410 e. The van der Waals surface area contributed by atoms with Gasteiger partial charge < -0.3 is 20.5 Å². The van der Waals surface area contributed by atoms with Gasteiger partial charge in [-0.1, -0.05) is 30.3 Å². The summed E-state index contributed by atoms with van der Waals surface area (Å²) >= 11 is 0. The van der Waals surface area contributed by atoms with Gasteiger partial charge in [0, 0.05) is 12.6 Å². The number of hydrogen-bond donors (Lipinski definition) is 2. The number of likely N-dealkylation sites (tertiary alicyclic amines) is 1. The Kier molecular flexibility index (Phi) is 4.76. The van der Waals surface area contributed by atoms with Crippen LogP contribution < -0.4 is 5.73 Å². The average molecular weight is 264 g/mol. The lowest BCUT2D eigenvalue weighted by Crippen LogP contribution is -2.42. The van der Waals surface area contributed by atoms with Crippen molar-refractivity contribution in [1.82, 2.24) is 4.90 Å². The number of nitrogens with two attached hydrogens (primary N) is 1. The molecule has 0 spiro atoms. The first kappa shape index (κ1) is 13.8. The van der Waals surface area contributed by atoms with Crippen LogP contribution in [-0.2, 0) is 11.3 Å². The van der Waals surface area contributed by atoms with Crippen LogP contribution in [0.5, 0.6) is 0 Å². The molecule has 1 fully saturated rings. The van der Waals surface area contributed by atoms with Crippen LogP contribution in [-0.4, -0.2) is 41.3 Å². The van der Waals surface area contributed by atoms with Gasteiger partial charge in [0.15, 0.2) is 0 Å². The third-order valence-corrected chi connectivity index (χ3v) is 3.33. The molecule has 5 nitrogen and oxygen atoms in total. The number of aliphatic hydroxyl groups is 1. The van der Waals surface area contributed by atoms with Crippen molar-refractivity contribution in [3.63, 3.8) is 0 Å². The first-order valence-electron chi connectivity index (χ1n) is 6.56. The van der Waals surface area contributed by atoms with Crippen molar-refractivity contribution in [1.29, 1.82) is 0 Å². The zero-order valence-corrected chi connectivity index (χ0v) is 10.9. The second-order valence-electron chi connectivity index (χ2n) is 4.86. The van der Waals surface area contributed by atoms with Crippen molar-refractivity contribution >= 4 is 6.09 Å². The summed E-state index contributed by atoms with van der Waals surface area (Å²) in [6.07, 6.45) is 0.450. The van der Waals surface area contributed by atoms with Gasteiger partial charge in [-0.05, 0) is 18.4 Å². The van der Waals surface area contributed by atoms with Crippen molar-refractivity contribution in [3.05, 3.63) is 35.9 Å². The molecule has 1 amide bonds. The van der Waals surface area contributed by atoms with Gasteiger partial charge in [-0.15, -0.1) is 0 Å². The Labute approximate surface area is 113 Å². The number of nitrogens with zero attached hydrogens (tertiary/aromatic N) is 1. The molecule has 1 heterocycles. The molecule has 3 N–H and O–H groups in total. The van der Waals surface area contributed by atoms with Crippen LogP contribution in [0.25, 0.3) is 0 Å². The highest BCUT2D eigenvalue weighted by Crippen LogP contribution is 2.12. The van der Waals surface area contributed by atoms with E-state index in [1.54, 1.807) is 0 Å². The normalized spacial score (nSPS) is 23.8. The molecule has 1 aliphatic heterocycles. The van der Waals surface area contributed by atoms with Gasteiger partial charge in [-0.3, -0.25) is 0 Å². The third-order valence-electron chi connectivity index (χ3n) is 3.33. The molecule has 0 saturated carbocycles. The molecule has 0 bridgehead atoms. The van der Waals surface area contributed by atoms with E-state index >= 15 is 0 Å². The number of carbonyl (C=O) groups is 1. The van der Waals surface area contributed by atoms with Crippen LogP contribution >= 0.6 is 0 Å². The molecule has 2 rings (SSSR count). The minimum Gasteiger partial charge on any atom is -0.445 e. The minimum atomic E-state index is -0.674. The van der Waals surface area contributed by atoms with E-state index in [0.717, 1.165) is 18.4 Å². The Morgan fingerprint density at radius 2 is 2.16 bits per heavy atom. The van der Waals surface area contributed by atoms with Crippen LogP contribution in [0.1, 0.15) is 18.4 Å². The smallest absolute Gasteiger partial charge is 0.410 e. The number of rotatable bonds is 2. The van der Waals surface area contributed by atoms with Gasteiger partial charge in [-0.2, -0.15) is 0 Å². The number of ether oxygens (including phenoxy) is 1. The second-order valence-corrected chi connectivity index (χ2v) is 4.86. The zero-order valence-electron chi connectivity index (χ0n) is 10.9. The second kappa shape index (κ2) is 6.54. The summed E-state index contributed by atoms with van der Waals surface area (Å²) in [6.45, 7) is 1.07. The summed E-state index contributed by atoms with van der Waals surface area (Å²) in [5.74, 6) is 0. The zero-order chi connectivity index (χ0) is 13.7. The summed E-state index contributed by atoms with van der Waals surface area (Å²) in [7, 11) is 0. The maximum atomic E-state index is 11.9. The Bertz CT molecular complexity index is 410. The SMILES string of the molecule is NC1CCCN(C(=O)OCc2ccccc2)C[C@H]1O. The highest BCUT2D eigenvalue weighted by Gasteiger charge is 2.26. The van der Waals surface area contributed by atoms with E-state index < -0.39 is 12.2 Å². The van der Waals surface area contributed by atoms with E-state index in [2.05, 4.69) is 0 Å². The Morgan fingerprint density at radius 1 is 1.42 bits per heavy atom. The molecule has 5 heteroatoms. The molecule has 104 valence electrons. The summed E-state index contributed by atoms with van der Waals surface area (Å²) < 4.78 is 5.24. The fourth-order valence-corrected chi connectivity index (χ4v) is 2.14. The fourth-order valence-electron chi connectivity index (χ4n) is 2.14. The lowest BCUT2D eigenvalue weighted by Gasteiger charge is -2.22. The molecular formula is C14H20N2O3. The minimum absolute atomic E-state index is 0.245. The lowest BCUT2D eigenvalue weighted by molar-refractivity contribution is 0.0702. The van der Waals surface area contributed by atoms with Crippen molar-refractivity contribution < 1.29 is 14.6 Å². The fraction of sp³-hybridized carbons (Fsp3) is 0.500. The van der Waals surface area contributed by atoms with Crippen molar-refractivity contribution in [2.45, 2.75) is 31.6 Å². The van der Waals surface area contributed by atoms with E-state index in [0.29, 0.717) is 6.54 Å². The molecule has 0 aromatic heterocycles. The number of β-amino-alcohol motifs (C(OH)–C–C–N with tert-alkyl or cyclic N) is 1. The standard InChI is InChI=1S/C14H20N2O3/c15-12-7-4-8-16(9-13(12)17)14(18)19-10-11-5-2-1-3-6-11/h1-3,5-6,12-13,17H,4,7-10,15H2/t12?,13-/m1/s1. The van der Waals surface area contributed by atoms with Crippen LogP contribution in [0, 0.1) is 0 Å². The molecular weight excluding hydrogens is 244 g/mol. The van der Waals surface area contributed by atoms with E-state index in [1.807, 2.05) is 30.3 Å². The van der Waals surface area contributed by atoms with Gasteiger partial charge in [0.25, 0.3) is 0 Å². The maximum absolute atomic E-state index is 11.9. The summed E-state index contributed by atoms with van der Waals surface area (Å²) in [5, 5.41) is 9.79. The van der Waals surface area contributed by atoms with Gasteiger partial charge >= 0.3 is 6.09 Å². The van der Waals surface area contributed by atoms with E-state index in [9.17, 15) is 9.90 Å². The largest absolute Gasteiger partial charge is 0.445 e. The highest BCUT2D eigenvalue weighted by atomic mass is 16.6. The summed E-state index contributed by atoms with van der Waals surface area (Å²) in [5.41, 5.74) is 6.72. The van der Waals surface area contributed by atoms with Crippen LogP contribution in [0.4, 0.5) is 4.79 Å². The number of benzene rings is 1. The first-order valence-corrected chi connectivity index (χ1v) is 6.56. The van der Waals surface area contributed by atoms with Gasteiger partial charge in [0.05, 0.1) is 12.6 Å². The van der Waals surface area contributed by atoms with Crippen molar-refractivity contribution in [2.75, 3.05) is 13.1 Å². The predicted octanol–water partition coefficient (Wildman–Crippen LogP) is 1.11. The van der Waals surface area contributed by atoms with Crippen LogP contribution in [0.2, 0.25) is 0 Å². The predicted molar refractivity (Wildman–Crippen MR) is 71.4 cm³/mol. The van der Waals surface area contributed by atoms with E-state index in [1.165, 1.54) is 4.90 Å². The lowest BCUT2D eigenvalue weighted by atomic mass is 10.1. The topological polar surface area (TPSA) is 75.8 Å². The number of aliphatic hydroxyl groups excluding tert-OH is 1. The van der Waals surface area contributed by atoms with Crippen LogP contribution in [0.15, 0.2) is 30.3 Å². The Hall–Kier alpha value is -1.59. The molecule has 1 aliphatic rings. The summed E-state index contributed by atoms with van der Waals surface area (Å²) in [4.78, 5) is 13.5. The van der Waals surface area contributed by atoms with E-state index in [4.69, 9.17) is 10.5 Å². The molecule has 1 unspecified atom stereocenters. The van der Waals surface area contributed by atoms with Gasteiger partial charge in [0.2, 0.25) is 0 Å². The summed E-state index contributed by atoms with van der Waals surface area (Å²) in [6, 6.07) is 9.26. The van der Waals surface area contributed by atoms with E-state index in [-0.39, 0.29) is 19.2 Å². The third kappa shape index (κ3) is 3.94. The highest BCUT2D eigenvalue weighted by molar-refractivity contribution is 5.67. The van der Waals surface area contributed by atoms with Gasteiger partial charge in [-0.25, -0.2) is 4.79 Å². The molecule has 19 heavy (non-hydrogen) atoms. The van der Waals surface area contributed by atoms with Gasteiger partial charge in [0.1, 0.15) is 6.61 Å². The average Bonchev–Trinajstić information content (AvgIpc) is 2.60. The molecule has 1 aromatic carbocycles. The quantitative estimate of drug-likeness (QED) is 0.839. The number of amides is 1. The Morgan fingerprint density at radius 3 is 2.89 bits per heavy atom. The van der Waals surface area contributed by atoms with Crippen molar-refractivity contribution in [2.24, 2.45) is 5.73 Å². The number of carbonyl (C=O) groups excluding carboxylic acids is 1. The van der Waals surface area contributed by atoms with Crippen molar-refractivity contribution in [3.8, 4) is 0 Å². The molecule has 1 saturated heterocycles. The number of hydrogen-bond acceptors (Lipinski definition) is 4. The van der Waals surface area contributed by atoms with Crippen LogP contribution in [0.3, 0.4) is 0 Å². The molecule has 0 radical (unpaired) electrons. The first-order chi connectivity index (χ1) is 9.16. The Balaban J connectivity index is 1.85. The monoisotopic (exact) mass is 264 g/mol.